The minimum atomic E-state index is 0.128. The molecule has 4 rings (SSSR count). The van der Waals surface area contributed by atoms with Gasteiger partial charge in [-0.3, -0.25) is 4.79 Å². The van der Waals surface area contributed by atoms with Crippen molar-refractivity contribution >= 4 is 16.7 Å². The number of hydrogen-bond donors (Lipinski definition) is 0. The number of hydrogen-bond acceptors (Lipinski definition) is 2. The van der Waals surface area contributed by atoms with E-state index >= 15 is 0 Å². The molecule has 3 nitrogen and oxygen atoms in total. The summed E-state index contributed by atoms with van der Waals surface area (Å²) in [6.45, 7) is 2.59. The van der Waals surface area contributed by atoms with Gasteiger partial charge in [0.15, 0.2) is 0 Å². The van der Waals surface area contributed by atoms with Crippen LogP contribution in [0, 0.1) is 0 Å². The molecule has 1 atom stereocenters. The number of likely N-dealkylation sites (N-methyl/N-ethyl adjacent to an activating group) is 1. The van der Waals surface area contributed by atoms with Crippen molar-refractivity contribution in [1.82, 2.24) is 9.80 Å². The Kier molecular flexibility index (Phi) is 4.72. The average Bonchev–Trinajstić information content (AvgIpc) is 2.68. The third kappa shape index (κ3) is 3.49. The molecule has 1 saturated heterocycles. The molecule has 1 aliphatic heterocycles. The highest BCUT2D eigenvalue weighted by molar-refractivity contribution is 5.85. The van der Waals surface area contributed by atoms with Gasteiger partial charge in [0.05, 0.1) is 12.5 Å². The third-order valence-electron chi connectivity index (χ3n) is 5.26. The molecule has 0 saturated carbocycles. The smallest absolute Gasteiger partial charge is 0.227 e. The van der Waals surface area contributed by atoms with Crippen LogP contribution in [0.15, 0.2) is 72.8 Å². The van der Waals surface area contributed by atoms with Crippen molar-refractivity contribution in [2.45, 2.75) is 12.5 Å². The van der Waals surface area contributed by atoms with E-state index in [1.165, 1.54) is 16.3 Å². The van der Waals surface area contributed by atoms with Crippen molar-refractivity contribution in [3.8, 4) is 0 Å². The maximum absolute atomic E-state index is 13.1. The van der Waals surface area contributed by atoms with Gasteiger partial charge in [-0.25, -0.2) is 0 Å². The van der Waals surface area contributed by atoms with E-state index in [0.717, 1.165) is 25.2 Å². The highest BCUT2D eigenvalue weighted by Crippen LogP contribution is 2.26. The van der Waals surface area contributed by atoms with Crippen LogP contribution in [0.3, 0.4) is 0 Å². The molecule has 132 valence electrons. The molecule has 3 aromatic carbocycles. The maximum atomic E-state index is 13.1. The van der Waals surface area contributed by atoms with Gasteiger partial charge in [0.1, 0.15) is 0 Å². The molecule has 3 aromatic rings. The summed E-state index contributed by atoms with van der Waals surface area (Å²) in [5.41, 5.74) is 2.30. The van der Waals surface area contributed by atoms with E-state index in [-0.39, 0.29) is 11.9 Å². The Labute approximate surface area is 154 Å². The predicted molar refractivity (Wildman–Crippen MR) is 106 cm³/mol. The van der Waals surface area contributed by atoms with Crippen LogP contribution < -0.4 is 0 Å². The summed E-state index contributed by atoms with van der Waals surface area (Å²) in [5, 5.41) is 2.40. The Hall–Kier alpha value is -2.65. The Morgan fingerprint density at radius 1 is 0.923 bits per heavy atom. The van der Waals surface area contributed by atoms with Gasteiger partial charge in [0, 0.05) is 19.6 Å². The van der Waals surface area contributed by atoms with Crippen molar-refractivity contribution in [2.75, 3.05) is 26.7 Å². The topological polar surface area (TPSA) is 23.6 Å². The van der Waals surface area contributed by atoms with E-state index in [2.05, 4.69) is 71.4 Å². The van der Waals surface area contributed by atoms with E-state index < -0.39 is 0 Å². The van der Waals surface area contributed by atoms with Gasteiger partial charge in [-0.2, -0.15) is 0 Å². The van der Waals surface area contributed by atoms with Crippen LogP contribution in [0.1, 0.15) is 17.2 Å². The number of carbonyl (C=O) groups excluding carboxylic acids is 1. The molecule has 1 amide bonds. The van der Waals surface area contributed by atoms with Crippen LogP contribution >= 0.6 is 0 Å². The van der Waals surface area contributed by atoms with Gasteiger partial charge in [-0.15, -0.1) is 0 Å². The molecule has 0 aromatic heterocycles. The highest BCUT2D eigenvalue weighted by Gasteiger charge is 2.29. The molecule has 1 aliphatic rings. The average molecular weight is 344 g/mol. The first-order chi connectivity index (χ1) is 12.7. The first-order valence-corrected chi connectivity index (χ1v) is 9.21. The van der Waals surface area contributed by atoms with E-state index in [4.69, 9.17) is 0 Å². The van der Waals surface area contributed by atoms with Crippen molar-refractivity contribution in [1.29, 1.82) is 0 Å². The molecule has 3 heteroatoms. The van der Waals surface area contributed by atoms with Gasteiger partial charge in [-0.05, 0) is 28.9 Å². The Morgan fingerprint density at radius 3 is 2.46 bits per heavy atom. The minimum Gasteiger partial charge on any atom is -0.333 e. The van der Waals surface area contributed by atoms with Crippen LogP contribution in [0.5, 0.6) is 0 Å². The molecule has 1 heterocycles. The van der Waals surface area contributed by atoms with Crippen LogP contribution in [0.2, 0.25) is 0 Å². The number of benzene rings is 3. The van der Waals surface area contributed by atoms with Crippen molar-refractivity contribution in [3.63, 3.8) is 0 Å². The second kappa shape index (κ2) is 7.30. The van der Waals surface area contributed by atoms with Gasteiger partial charge in [-0.1, -0.05) is 72.8 Å². The lowest BCUT2D eigenvalue weighted by Crippen LogP contribution is -2.49. The first-order valence-electron chi connectivity index (χ1n) is 9.21. The van der Waals surface area contributed by atoms with Gasteiger partial charge in [0.25, 0.3) is 0 Å². The number of rotatable bonds is 3. The molecule has 0 N–H and O–H groups in total. The van der Waals surface area contributed by atoms with Gasteiger partial charge in [0.2, 0.25) is 5.91 Å². The van der Waals surface area contributed by atoms with E-state index in [9.17, 15) is 4.79 Å². The lowest BCUT2D eigenvalue weighted by Gasteiger charge is -2.40. The maximum Gasteiger partial charge on any atom is 0.227 e. The summed E-state index contributed by atoms with van der Waals surface area (Å²) in [6, 6.07) is 25.1. The molecule has 0 bridgehead atoms. The summed E-state index contributed by atoms with van der Waals surface area (Å²) in [6.07, 6.45) is 0.456. The van der Waals surface area contributed by atoms with Crippen molar-refractivity contribution < 1.29 is 4.79 Å². The fraction of sp³-hybridized carbons (Fsp3) is 0.261. The van der Waals surface area contributed by atoms with Crippen LogP contribution in [0.25, 0.3) is 10.8 Å². The van der Waals surface area contributed by atoms with Gasteiger partial charge < -0.3 is 9.80 Å². The SMILES string of the molecule is CN1CCN(C(=O)Cc2ccc3ccccc3c2)C(c2ccccc2)C1. The molecule has 1 unspecified atom stereocenters. The van der Waals surface area contributed by atoms with E-state index in [1.54, 1.807) is 0 Å². The Bertz CT molecular complexity index is 906. The lowest BCUT2D eigenvalue weighted by atomic mass is 10.0. The second-order valence-corrected chi connectivity index (χ2v) is 7.13. The van der Waals surface area contributed by atoms with E-state index in [0.29, 0.717) is 6.42 Å². The molecule has 0 aliphatic carbocycles. The normalized spacial score (nSPS) is 18.2. The molecule has 0 spiro atoms. The molecular weight excluding hydrogens is 320 g/mol. The standard InChI is InChI=1S/C23H24N2O/c1-24-13-14-25(22(17-24)20-8-3-2-4-9-20)23(26)16-18-11-12-19-7-5-6-10-21(19)15-18/h2-12,15,22H,13-14,16-17H2,1H3. The molecular formula is C23H24N2O. The van der Waals surface area contributed by atoms with Crippen LogP contribution in [-0.2, 0) is 11.2 Å². The first kappa shape index (κ1) is 16.8. The number of fused-ring (bicyclic) bond motifs is 1. The minimum absolute atomic E-state index is 0.128. The van der Waals surface area contributed by atoms with E-state index in [1.807, 2.05) is 18.2 Å². The summed E-state index contributed by atoms with van der Waals surface area (Å²) >= 11 is 0. The Morgan fingerprint density at radius 2 is 1.65 bits per heavy atom. The fourth-order valence-electron chi connectivity index (χ4n) is 3.80. The highest BCUT2D eigenvalue weighted by atomic mass is 16.2. The summed E-state index contributed by atoms with van der Waals surface area (Å²) in [5.74, 6) is 0.210. The summed E-state index contributed by atoms with van der Waals surface area (Å²) in [7, 11) is 2.13. The number of amides is 1. The zero-order chi connectivity index (χ0) is 17.9. The van der Waals surface area contributed by atoms with Gasteiger partial charge >= 0.3 is 0 Å². The molecule has 0 radical (unpaired) electrons. The zero-order valence-electron chi connectivity index (χ0n) is 15.1. The van der Waals surface area contributed by atoms with Crippen molar-refractivity contribution in [3.05, 3.63) is 83.9 Å². The number of piperazine rings is 1. The summed E-state index contributed by atoms with van der Waals surface area (Å²) in [4.78, 5) is 17.5. The fourth-order valence-corrected chi connectivity index (χ4v) is 3.80. The third-order valence-corrected chi connectivity index (χ3v) is 5.26. The lowest BCUT2D eigenvalue weighted by molar-refractivity contribution is -0.135. The summed E-state index contributed by atoms with van der Waals surface area (Å²) < 4.78 is 0. The number of carbonyl (C=O) groups is 1. The molecule has 26 heavy (non-hydrogen) atoms. The van der Waals surface area contributed by atoms with Crippen LogP contribution in [-0.4, -0.2) is 42.4 Å². The second-order valence-electron chi connectivity index (χ2n) is 7.13. The largest absolute Gasteiger partial charge is 0.333 e. The van der Waals surface area contributed by atoms with Crippen LogP contribution in [0.4, 0.5) is 0 Å². The predicted octanol–water partition coefficient (Wildman–Crippen LogP) is 3.90. The molecule has 1 fully saturated rings. The monoisotopic (exact) mass is 344 g/mol. The number of nitrogens with zero attached hydrogens (tertiary/aromatic N) is 2. The van der Waals surface area contributed by atoms with Crippen molar-refractivity contribution in [2.24, 2.45) is 0 Å². The Balaban J connectivity index is 1.56. The zero-order valence-corrected chi connectivity index (χ0v) is 15.1. The quantitative estimate of drug-likeness (QED) is 0.719.